The second-order valence-electron chi connectivity index (χ2n) is 8.04. The molecule has 162 valence electrons. The van der Waals surface area contributed by atoms with E-state index in [0.29, 0.717) is 11.6 Å². The second-order valence-corrected chi connectivity index (χ2v) is 9.79. The summed E-state index contributed by atoms with van der Waals surface area (Å²) in [6, 6.07) is -0.307. The van der Waals surface area contributed by atoms with E-state index in [1.165, 1.54) is 17.4 Å². The first kappa shape index (κ1) is 22.6. The third-order valence-corrected chi connectivity index (χ3v) is 7.06. The van der Waals surface area contributed by atoms with Gasteiger partial charge >= 0.3 is 6.09 Å². The molecule has 1 N–H and O–H groups in total. The number of hydrogen-bond donors (Lipinski definition) is 1. The van der Waals surface area contributed by atoms with Crippen LogP contribution in [0.1, 0.15) is 51.2 Å². The summed E-state index contributed by atoms with van der Waals surface area (Å²) < 4.78 is 5.03. The van der Waals surface area contributed by atoms with Crippen LogP contribution in [0.25, 0.3) is 16.8 Å². The van der Waals surface area contributed by atoms with Gasteiger partial charge in [-0.3, -0.25) is 4.79 Å². The zero-order valence-electron chi connectivity index (χ0n) is 17.7. The number of cyclic esters (lactones) is 1. The molecule has 2 aromatic heterocycles. The number of aliphatic hydroxyl groups excluding tert-OH is 1. The van der Waals surface area contributed by atoms with E-state index in [9.17, 15) is 14.7 Å². The third kappa shape index (κ3) is 4.79. The van der Waals surface area contributed by atoms with Crippen molar-refractivity contribution in [1.82, 2.24) is 14.9 Å². The Morgan fingerprint density at radius 2 is 1.97 bits per heavy atom. The largest absolute Gasteiger partial charge is 0.447 e. The Bertz CT molecular complexity index is 934. The number of imide groups is 1. The fourth-order valence-corrected chi connectivity index (χ4v) is 4.68. The molecule has 0 unspecified atom stereocenters. The zero-order valence-corrected chi connectivity index (χ0v) is 19.4. The molecule has 0 radical (unpaired) electrons. The number of aliphatic hydroxyl groups is 1. The first-order valence-corrected chi connectivity index (χ1v) is 11.7. The van der Waals surface area contributed by atoms with Gasteiger partial charge < -0.3 is 9.84 Å². The average molecular weight is 450 g/mol. The number of amides is 2. The highest BCUT2D eigenvalue weighted by Gasteiger charge is 2.42. The molecule has 0 aromatic carbocycles. The van der Waals surface area contributed by atoms with E-state index in [0.717, 1.165) is 20.6 Å². The van der Waals surface area contributed by atoms with Crippen molar-refractivity contribution in [3.8, 4) is 10.7 Å². The molecule has 0 bridgehead atoms. The maximum atomic E-state index is 12.8. The van der Waals surface area contributed by atoms with Crippen LogP contribution in [0.4, 0.5) is 4.79 Å². The molecule has 1 saturated heterocycles. The molecule has 3 rings (SSSR count). The molecule has 1 fully saturated rings. The maximum Gasteiger partial charge on any atom is 0.416 e. The lowest BCUT2D eigenvalue weighted by Gasteiger charge is -2.26. The van der Waals surface area contributed by atoms with E-state index in [1.54, 1.807) is 24.3 Å². The van der Waals surface area contributed by atoms with Gasteiger partial charge in [-0.1, -0.05) is 40.7 Å². The fourth-order valence-electron chi connectivity index (χ4n) is 3.04. The predicted octanol–water partition coefficient (Wildman–Crippen LogP) is 4.40. The van der Waals surface area contributed by atoms with Crippen molar-refractivity contribution in [3.63, 3.8) is 0 Å². The summed E-state index contributed by atoms with van der Waals surface area (Å²) in [6.45, 7) is 9.87. The molecule has 7 nitrogen and oxygen atoms in total. The molecule has 0 spiro atoms. The van der Waals surface area contributed by atoms with E-state index < -0.39 is 24.0 Å². The van der Waals surface area contributed by atoms with Gasteiger partial charge in [-0.05, 0) is 12.0 Å². The SMILES string of the molecule is CC(C)c1nc(-c2nc(/C=C/[C@@H](O)[C@@H](C)C(=O)N3C(=O)OC[C@@H]3C(C)C)cs2)cs1. The van der Waals surface area contributed by atoms with Crippen LogP contribution in [0.3, 0.4) is 0 Å². The van der Waals surface area contributed by atoms with Crippen LogP contribution >= 0.6 is 22.7 Å². The lowest BCUT2D eigenvalue weighted by Crippen LogP contribution is -2.46. The van der Waals surface area contributed by atoms with Crippen LogP contribution in [0.15, 0.2) is 16.8 Å². The normalized spacial score (nSPS) is 19.1. The number of ether oxygens (including phenoxy) is 1. The second kappa shape index (κ2) is 9.36. The van der Waals surface area contributed by atoms with Crippen molar-refractivity contribution >= 4 is 40.8 Å². The van der Waals surface area contributed by atoms with Crippen LogP contribution in [0.2, 0.25) is 0 Å². The summed E-state index contributed by atoms with van der Waals surface area (Å²) in [6.07, 6.45) is 1.53. The van der Waals surface area contributed by atoms with Crippen LogP contribution < -0.4 is 0 Å². The molecule has 2 aromatic rings. The Hall–Kier alpha value is -2.10. The van der Waals surface area contributed by atoms with Gasteiger partial charge in [-0.15, -0.1) is 22.7 Å². The Kier molecular flexibility index (Phi) is 7.05. The monoisotopic (exact) mass is 449 g/mol. The number of thiazole rings is 2. The molecule has 1 aliphatic rings. The fraction of sp³-hybridized carbons (Fsp3) is 0.524. The summed E-state index contributed by atoms with van der Waals surface area (Å²) in [4.78, 5) is 35.1. The first-order chi connectivity index (χ1) is 14.2. The van der Waals surface area contributed by atoms with Gasteiger partial charge in [0.15, 0.2) is 0 Å². The van der Waals surface area contributed by atoms with Gasteiger partial charge in [0.1, 0.15) is 17.3 Å². The summed E-state index contributed by atoms with van der Waals surface area (Å²) in [5, 5.41) is 16.3. The van der Waals surface area contributed by atoms with Gasteiger partial charge in [0.05, 0.1) is 28.8 Å². The highest BCUT2D eigenvalue weighted by Crippen LogP contribution is 2.29. The van der Waals surface area contributed by atoms with Crippen molar-refractivity contribution in [2.45, 2.75) is 52.7 Å². The minimum atomic E-state index is -1.05. The minimum absolute atomic E-state index is 0.0793. The standard InChI is InChI=1S/C21H27N3O4S2/c1-11(2)16-8-28-21(27)24(16)20(26)13(5)17(25)7-6-14-9-29-19(22-14)15-10-30-18(23-15)12(3)4/h6-7,9-13,16-17,25H,8H2,1-5H3/b7-6+/t13-,16-,17-/m1/s1. The minimum Gasteiger partial charge on any atom is -0.447 e. The third-order valence-electron chi connectivity index (χ3n) is 5.04. The smallest absolute Gasteiger partial charge is 0.416 e. The van der Waals surface area contributed by atoms with Gasteiger partial charge in [0.2, 0.25) is 5.91 Å². The van der Waals surface area contributed by atoms with E-state index >= 15 is 0 Å². The Morgan fingerprint density at radius 3 is 2.60 bits per heavy atom. The highest BCUT2D eigenvalue weighted by atomic mass is 32.1. The molecular weight excluding hydrogens is 422 g/mol. The Balaban J connectivity index is 1.66. The summed E-state index contributed by atoms with van der Waals surface area (Å²) >= 11 is 3.10. The van der Waals surface area contributed by atoms with Gasteiger partial charge in [0.25, 0.3) is 0 Å². The Labute approximate surface area is 184 Å². The van der Waals surface area contributed by atoms with Gasteiger partial charge in [-0.25, -0.2) is 19.7 Å². The van der Waals surface area contributed by atoms with Gasteiger partial charge in [0, 0.05) is 16.7 Å². The number of carbonyl (C=O) groups is 2. The maximum absolute atomic E-state index is 12.8. The van der Waals surface area contributed by atoms with Crippen molar-refractivity contribution in [2.24, 2.45) is 11.8 Å². The summed E-state index contributed by atoms with van der Waals surface area (Å²) in [5.41, 5.74) is 1.54. The zero-order chi connectivity index (χ0) is 22.0. The van der Waals surface area contributed by atoms with E-state index in [1.807, 2.05) is 24.6 Å². The molecular formula is C21H27N3O4S2. The number of aromatic nitrogens is 2. The quantitative estimate of drug-likeness (QED) is 0.673. The predicted molar refractivity (Wildman–Crippen MR) is 118 cm³/mol. The van der Waals surface area contributed by atoms with Crippen LogP contribution in [0.5, 0.6) is 0 Å². The number of rotatable bonds is 7. The first-order valence-electron chi connectivity index (χ1n) is 9.96. The molecule has 3 atom stereocenters. The number of nitrogens with zero attached hydrogens (tertiary/aromatic N) is 3. The molecule has 3 heterocycles. The van der Waals surface area contributed by atoms with Crippen molar-refractivity contribution < 1.29 is 19.4 Å². The van der Waals surface area contributed by atoms with Gasteiger partial charge in [-0.2, -0.15) is 0 Å². The molecule has 9 heteroatoms. The lowest BCUT2D eigenvalue weighted by molar-refractivity contribution is -0.136. The van der Waals surface area contributed by atoms with Crippen molar-refractivity contribution in [3.05, 3.63) is 27.5 Å². The van der Waals surface area contributed by atoms with E-state index in [4.69, 9.17) is 4.74 Å². The molecule has 1 aliphatic heterocycles. The molecule has 0 saturated carbocycles. The van der Waals surface area contributed by atoms with E-state index in [2.05, 4.69) is 23.8 Å². The summed E-state index contributed by atoms with van der Waals surface area (Å²) in [7, 11) is 0. The molecule has 0 aliphatic carbocycles. The van der Waals surface area contributed by atoms with Crippen molar-refractivity contribution in [1.29, 1.82) is 0 Å². The topological polar surface area (TPSA) is 92.6 Å². The number of hydrogen-bond acceptors (Lipinski definition) is 8. The highest BCUT2D eigenvalue weighted by molar-refractivity contribution is 7.14. The van der Waals surface area contributed by atoms with Crippen LogP contribution in [-0.2, 0) is 9.53 Å². The van der Waals surface area contributed by atoms with Crippen molar-refractivity contribution in [2.75, 3.05) is 6.61 Å². The van der Waals surface area contributed by atoms with E-state index in [-0.39, 0.29) is 18.6 Å². The molecule has 2 amide bonds. The Morgan fingerprint density at radius 1 is 1.23 bits per heavy atom. The average Bonchev–Trinajstić information content (AvgIpc) is 3.43. The number of carbonyl (C=O) groups excluding carboxylic acids is 2. The molecule has 30 heavy (non-hydrogen) atoms. The van der Waals surface area contributed by atoms with Crippen LogP contribution in [0, 0.1) is 11.8 Å². The summed E-state index contributed by atoms with van der Waals surface area (Å²) in [5.74, 6) is -0.759. The lowest BCUT2D eigenvalue weighted by atomic mass is 9.99. The van der Waals surface area contributed by atoms with Crippen LogP contribution in [-0.4, -0.2) is 50.7 Å².